The topological polar surface area (TPSA) is 226 Å². The van der Waals surface area contributed by atoms with Crippen LogP contribution in [0.2, 0.25) is 0 Å². The molecule has 18 heteroatoms. The van der Waals surface area contributed by atoms with E-state index in [2.05, 4.69) is 44.8 Å². The molecule has 0 amide bonds. The molecule has 0 aliphatic carbocycles. The number of hydrogen-bond donors (Lipinski definition) is 6. The van der Waals surface area contributed by atoms with Gasteiger partial charge in [-0.2, -0.15) is 30.7 Å². The lowest BCUT2D eigenvalue weighted by Crippen LogP contribution is -2.33. The minimum Gasteiger partial charge on any atom is -0.395 e. The summed E-state index contributed by atoms with van der Waals surface area (Å²) < 4.78 is 4.32. The fourth-order valence-electron chi connectivity index (χ4n) is 6.88. The molecule has 6 aromatic rings. The normalized spacial score (nSPS) is 11.3. The molecule has 6 N–H and O–H groups in total. The van der Waals surface area contributed by atoms with Crippen LogP contribution in [-0.4, -0.2) is 115 Å². The first kappa shape index (κ1) is 52.0. The van der Waals surface area contributed by atoms with Gasteiger partial charge in [0.25, 0.3) is 0 Å². The second-order valence-electron chi connectivity index (χ2n) is 15.3. The van der Waals surface area contributed by atoms with E-state index in [1.807, 2.05) is 137 Å². The molecule has 3 aromatic heterocycles. The molecule has 0 atom stereocenters. The Morgan fingerprint density at radius 1 is 0.324 bits per heavy atom. The average molecular weight is 929 g/mol. The van der Waals surface area contributed by atoms with Crippen LogP contribution in [0.1, 0.15) is 19.3 Å². The Morgan fingerprint density at radius 3 is 0.838 bits per heavy atom. The molecule has 358 valence electrons. The largest absolute Gasteiger partial charge is 0.395 e. The average Bonchev–Trinajstić information content (AvgIpc) is 3.38. The van der Waals surface area contributed by atoms with Crippen molar-refractivity contribution in [1.29, 1.82) is 0 Å². The summed E-state index contributed by atoms with van der Waals surface area (Å²) in [6.07, 6.45) is 14.7. The molecular formula is C50H64N12O6+2. The van der Waals surface area contributed by atoms with Crippen LogP contribution >= 0.6 is 0 Å². The minimum absolute atomic E-state index is 0.0264. The molecular weight excluding hydrogens is 865 g/mol. The smallest absolute Gasteiger partial charge is 0.171 e. The van der Waals surface area contributed by atoms with Crippen molar-refractivity contribution in [3.05, 3.63) is 146 Å². The molecule has 18 nitrogen and oxygen atoms in total. The van der Waals surface area contributed by atoms with Crippen molar-refractivity contribution in [2.45, 2.75) is 32.4 Å². The van der Waals surface area contributed by atoms with Gasteiger partial charge in [0.05, 0.1) is 73.8 Å². The number of benzene rings is 3. The van der Waals surface area contributed by atoms with Crippen LogP contribution in [-0.2, 0) is 13.1 Å². The minimum atomic E-state index is 0.0264. The zero-order valence-corrected chi connectivity index (χ0v) is 38.4. The molecule has 6 rings (SSSR count). The highest BCUT2D eigenvalue weighted by Gasteiger charge is 2.09. The highest BCUT2D eigenvalue weighted by Crippen LogP contribution is 2.25. The van der Waals surface area contributed by atoms with E-state index in [9.17, 15) is 20.4 Å². The Labute approximate surface area is 397 Å². The highest BCUT2D eigenvalue weighted by molar-refractivity contribution is 5.55. The molecule has 0 saturated carbocycles. The van der Waals surface area contributed by atoms with Crippen LogP contribution < -0.4 is 23.8 Å². The number of hydrogen-bond acceptors (Lipinski definition) is 16. The second kappa shape index (κ2) is 30.4. The van der Waals surface area contributed by atoms with Crippen molar-refractivity contribution < 1.29 is 39.8 Å². The lowest BCUT2D eigenvalue weighted by molar-refractivity contribution is -0.701. The summed E-state index contributed by atoms with van der Waals surface area (Å²) in [7, 11) is 0. The van der Waals surface area contributed by atoms with Gasteiger partial charge in [0.15, 0.2) is 24.8 Å². The van der Waals surface area contributed by atoms with Crippen LogP contribution in [0.3, 0.4) is 0 Å². The maximum atomic E-state index is 9.23. The highest BCUT2D eigenvalue weighted by atomic mass is 16.3. The van der Waals surface area contributed by atoms with E-state index in [4.69, 9.17) is 10.2 Å². The van der Waals surface area contributed by atoms with E-state index >= 15 is 0 Å². The third-order valence-corrected chi connectivity index (χ3v) is 10.4. The van der Waals surface area contributed by atoms with E-state index in [0.717, 1.165) is 83.5 Å². The first-order valence-electron chi connectivity index (χ1n) is 22.8. The number of aliphatic hydroxyl groups is 6. The SMILES string of the molecule is OCCN(CCO)c1ccc(N=Nc2cc[n+](CCCCC[n+]3ccc(N=Nc4ccc(N(CCO)CCO)cc4)cc3)cc2)cc1.OCCN(CCO)c1ccc(N=Nc2ccncc2)cc1. The van der Waals surface area contributed by atoms with Crippen molar-refractivity contribution in [2.24, 2.45) is 30.7 Å². The zero-order chi connectivity index (χ0) is 48.0. The van der Waals surface area contributed by atoms with Crippen LogP contribution in [0.25, 0.3) is 0 Å². The number of aliphatic hydroxyl groups excluding tert-OH is 6. The molecule has 0 aliphatic heterocycles. The summed E-state index contributed by atoms with van der Waals surface area (Å²) in [6.45, 7) is 4.89. The number of anilines is 3. The molecule has 0 fully saturated rings. The number of rotatable bonds is 27. The predicted molar refractivity (Wildman–Crippen MR) is 262 cm³/mol. The van der Waals surface area contributed by atoms with Crippen molar-refractivity contribution in [3.8, 4) is 0 Å². The number of azo groups is 3. The summed E-state index contributed by atoms with van der Waals surface area (Å²) in [6, 6.07) is 34.0. The van der Waals surface area contributed by atoms with Crippen LogP contribution in [0.5, 0.6) is 0 Å². The standard InChI is InChI=1S/C35H46N8O4.C15H18N4O2/c44-26-22-42(23-27-45)34-8-4-30(5-9-34)36-38-32-12-18-40(19-13-32)16-2-1-3-17-41-20-14-33(15-21-41)39-37-31-6-10-35(11-7-31)43(24-28-46)25-29-47;20-11-9-19(10-12-21)15-3-1-13(2-4-15)17-18-14-5-7-16-8-6-14/h4-15,18-21,44-47H,1-3,16-17,22-29H2;1-8,20-21H,9-12H2/q+2;. The fraction of sp³-hybridized carbons (Fsp3) is 0.340. The number of nitrogens with zero attached hydrogens (tertiary/aromatic N) is 12. The third kappa shape index (κ3) is 18.4. The quantitative estimate of drug-likeness (QED) is 0.0179. The Balaban J connectivity index is 0.000000342. The van der Waals surface area contributed by atoms with Crippen LogP contribution in [0, 0.1) is 0 Å². The van der Waals surface area contributed by atoms with Crippen molar-refractivity contribution in [2.75, 3.05) is 93.6 Å². The maximum absolute atomic E-state index is 9.23. The van der Waals surface area contributed by atoms with E-state index in [1.165, 1.54) is 0 Å². The summed E-state index contributed by atoms with van der Waals surface area (Å²) >= 11 is 0. The zero-order valence-electron chi connectivity index (χ0n) is 38.4. The molecule has 0 spiro atoms. The summed E-state index contributed by atoms with van der Waals surface area (Å²) in [5, 5.41) is 80.6. The Kier molecular flexibility index (Phi) is 23.2. The molecule has 0 aliphatic rings. The Hall–Kier alpha value is -6.93. The summed E-state index contributed by atoms with van der Waals surface area (Å²) in [5.74, 6) is 0. The van der Waals surface area contributed by atoms with Crippen LogP contribution in [0.15, 0.2) is 177 Å². The van der Waals surface area contributed by atoms with Crippen molar-refractivity contribution in [1.82, 2.24) is 4.98 Å². The lowest BCUT2D eigenvalue weighted by Gasteiger charge is -2.22. The maximum Gasteiger partial charge on any atom is 0.171 e. The number of pyridine rings is 3. The van der Waals surface area contributed by atoms with Gasteiger partial charge in [-0.25, -0.2) is 9.13 Å². The van der Waals surface area contributed by atoms with Crippen LogP contribution in [0.4, 0.5) is 51.2 Å². The molecule has 0 radical (unpaired) electrons. The van der Waals surface area contributed by atoms with Crippen molar-refractivity contribution >= 4 is 51.2 Å². The predicted octanol–water partition coefficient (Wildman–Crippen LogP) is 6.83. The molecule has 0 bridgehead atoms. The first-order chi connectivity index (χ1) is 33.4. The van der Waals surface area contributed by atoms with Gasteiger partial charge in [-0.3, -0.25) is 4.98 Å². The van der Waals surface area contributed by atoms with Gasteiger partial charge in [0.2, 0.25) is 0 Å². The molecule has 68 heavy (non-hydrogen) atoms. The fourth-order valence-corrected chi connectivity index (χ4v) is 6.88. The van der Waals surface area contributed by atoms with E-state index in [1.54, 1.807) is 24.5 Å². The van der Waals surface area contributed by atoms with Crippen molar-refractivity contribution in [3.63, 3.8) is 0 Å². The van der Waals surface area contributed by atoms with Gasteiger partial charge < -0.3 is 45.3 Å². The third-order valence-electron chi connectivity index (χ3n) is 10.4. The van der Waals surface area contributed by atoms with Gasteiger partial charge in [0, 0.05) is 106 Å². The van der Waals surface area contributed by atoms with Gasteiger partial charge in [0.1, 0.15) is 13.1 Å². The number of aromatic nitrogens is 3. The van der Waals surface area contributed by atoms with E-state index in [0.29, 0.717) is 39.3 Å². The van der Waals surface area contributed by atoms with E-state index < -0.39 is 0 Å². The summed E-state index contributed by atoms with van der Waals surface area (Å²) in [4.78, 5) is 9.66. The Morgan fingerprint density at radius 2 is 0.574 bits per heavy atom. The second-order valence-corrected chi connectivity index (χ2v) is 15.3. The van der Waals surface area contributed by atoms with Gasteiger partial charge >= 0.3 is 0 Å². The molecule has 0 unspecified atom stereocenters. The molecule has 3 aromatic carbocycles. The van der Waals surface area contributed by atoms with Gasteiger partial charge in [-0.15, -0.1) is 0 Å². The summed E-state index contributed by atoms with van der Waals surface area (Å²) in [5.41, 5.74) is 7.30. The lowest BCUT2D eigenvalue weighted by atomic mass is 10.2. The van der Waals surface area contributed by atoms with Gasteiger partial charge in [-0.1, -0.05) is 0 Å². The monoisotopic (exact) mass is 929 g/mol. The molecule has 3 heterocycles. The first-order valence-corrected chi connectivity index (χ1v) is 22.8. The van der Waals surface area contributed by atoms with E-state index in [-0.39, 0.29) is 39.6 Å². The molecule has 0 saturated heterocycles. The number of unbranched alkanes of at least 4 members (excludes halogenated alkanes) is 2. The number of aryl methyl sites for hydroxylation is 2. The Bertz CT molecular complexity index is 2230. The van der Waals surface area contributed by atoms with Gasteiger partial charge in [-0.05, 0) is 91.3 Å².